The third-order valence-corrected chi connectivity index (χ3v) is 3.25. The van der Waals surface area contributed by atoms with Crippen LogP contribution < -0.4 is 16.6 Å². The van der Waals surface area contributed by atoms with Crippen molar-refractivity contribution in [2.45, 2.75) is 12.7 Å². The average molecular weight is 354 g/mol. The highest BCUT2D eigenvalue weighted by atomic mass is 19.4. The lowest BCUT2D eigenvalue weighted by Crippen LogP contribution is -2.30. The van der Waals surface area contributed by atoms with Crippen LogP contribution in [0.5, 0.6) is 0 Å². The topological polar surface area (TPSA) is 101 Å². The quantitative estimate of drug-likeness (QED) is 0.828. The minimum Gasteiger partial charge on any atom is -0.351 e. The van der Waals surface area contributed by atoms with E-state index in [-0.39, 0.29) is 11.4 Å². The van der Waals surface area contributed by atoms with Crippen LogP contribution in [0, 0.1) is 17.1 Å². The highest BCUT2D eigenvalue weighted by molar-refractivity contribution is 5.87. The number of anilines is 1. The van der Waals surface area contributed by atoms with Crippen LogP contribution in [0.1, 0.15) is 16.8 Å². The van der Waals surface area contributed by atoms with Gasteiger partial charge >= 0.3 is 12.2 Å². The summed E-state index contributed by atoms with van der Waals surface area (Å²) in [4.78, 5) is 23.1. The second kappa shape index (κ2) is 6.64. The lowest BCUT2D eigenvalue weighted by Gasteiger charge is -2.13. The smallest absolute Gasteiger partial charge is 0.351 e. The van der Waals surface area contributed by atoms with Crippen molar-refractivity contribution in [2.75, 3.05) is 5.32 Å². The van der Waals surface area contributed by atoms with Crippen molar-refractivity contribution in [3.05, 3.63) is 63.3 Å². The summed E-state index contributed by atoms with van der Waals surface area (Å²) >= 11 is 0. The van der Waals surface area contributed by atoms with Crippen molar-refractivity contribution in [1.29, 1.82) is 5.26 Å². The molecule has 0 radical (unpaired) electrons. The summed E-state index contributed by atoms with van der Waals surface area (Å²) in [6.45, 7) is -0.633. The molecule has 0 bridgehead atoms. The zero-order valence-corrected chi connectivity index (χ0v) is 12.4. The fourth-order valence-electron chi connectivity index (χ4n) is 2.10. The summed E-state index contributed by atoms with van der Waals surface area (Å²) in [7, 11) is 0. The third kappa shape index (κ3) is 3.95. The predicted molar refractivity (Wildman–Crippen MR) is 79.1 cm³/mol. The van der Waals surface area contributed by atoms with E-state index in [1.54, 1.807) is 6.07 Å². The fraction of sp³-hybridized carbons (Fsp3) is 0.133. The number of nitriles is 1. The number of benzene rings is 1. The van der Waals surface area contributed by atoms with Crippen LogP contribution in [0.25, 0.3) is 0 Å². The first kappa shape index (κ1) is 18.0. The lowest BCUT2D eigenvalue weighted by molar-refractivity contribution is -0.137. The van der Waals surface area contributed by atoms with Crippen molar-refractivity contribution < 1.29 is 22.4 Å². The molecule has 2 amide bonds. The van der Waals surface area contributed by atoms with E-state index < -0.39 is 41.3 Å². The summed E-state index contributed by atoms with van der Waals surface area (Å²) in [5.74, 6) is -0.975. The molecule has 1 aromatic heterocycles. The maximum Gasteiger partial charge on any atom is 0.416 e. The van der Waals surface area contributed by atoms with Gasteiger partial charge in [0.25, 0.3) is 5.56 Å². The average Bonchev–Trinajstić information content (AvgIpc) is 2.51. The number of nitrogens with zero attached hydrogens (tertiary/aromatic N) is 2. The first-order valence-electron chi connectivity index (χ1n) is 6.69. The van der Waals surface area contributed by atoms with Crippen molar-refractivity contribution in [3.63, 3.8) is 0 Å². The van der Waals surface area contributed by atoms with Crippen LogP contribution in [0.2, 0.25) is 0 Å². The molecule has 25 heavy (non-hydrogen) atoms. The molecule has 0 saturated carbocycles. The number of hydrogen-bond acceptors (Lipinski definition) is 3. The summed E-state index contributed by atoms with van der Waals surface area (Å²) in [5, 5.41) is 11.1. The molecule has 130 valence electrons. The number of rotatable bonds is 3. The number of alkyl halides is 3. The van der Waals surface area contributed by atoms with Crippen LogP contribution >= 0.6 is 0 Å². The molecule has 2 rings (SSSR count). The molecule has 10 heteroatoms. The zero-order chi connectivity index (χ0) is 18.8. The van der Waals surface area contributed by atoms with Crippen LogP contribution in [0.15, 0.2) is 35.1 Å². The molecule has 0 aliphatic rings. The Kier molecular flexibility index (Phi) is 4.78. The van der Waals surface area contributed by atoms with Gasteiger partial charge in [-0.25, -0.2) is 9.18 Å². The Morgan fingerprint density at radius 3 is 2.52 bits per heavy atom. The number of urea groups is 1. The molecule has 6 nitrogen and oxygen atoms in total. The minimum atomic E-state index is -4.69. The maximum atomic E-state index is 13.9. The second-order valence-electron chi connectivity index (χ2n) is 4.93. The monoisotopic (exact) mass is 354 g/mol. The third-order valence-electron chi connectivity index (χ3n) is 3.25. The number of hydrogen-bond donors (Lipinski definition) is 2. The number of carbonyl (C=O) groups excluding carboxylic acids is 1. The Balaban J connectivity index is 2.55. The van der Waals surface area contributed by atoms with Gasteiger partial charge in [0.05, 0.1) is 12.1 Å². The number of primary amides is 1. The summed E-state index contributed by atoms with van der Waals surface area (Å²) in [5.41, 5.74) is 1.95. The molecule has 1 aromatic carbocycles. The summed E-state index contributed by atoms with van der Waals surface area (Å²) in [6.07, 6.45) is -4.69. The van der Waals surface area contributed by atoms with Gasteiger partial charge < -0.3 is 11.1 Å². The van der Waals surface area contributed by atoms with Crippen molar-refractivity contribution in [2.24, 2.45) is 5.73 Å². The number of halogens is 4. The Bertz CT molecular complexity index is 929. The lowest BCUT2D eigenvalue weighted by atomic mass is 10.1. The van der Waals surface area contributed by atoms with E-state index in [0.717, 1.165) is 16.7 Å². The maximum absolute atomic E-state index is 13.9. The molecule has 2 aromatic rings. The highest BCUT2D eigenvalue weighted by Crippen LogP contribution is 2.30. The van der Waals surface area contributed by atoms with Crippen LogP contribution in [-0.4, -0.2) is 10.6 Å². The van der Waals surface area contributed by atoms with Gasteiger partial charge in [0, 0.05) is 5.56 Å². The van der Waals surface area contributed by atoms with E-state index >= 15 is 0 Å². The van der Waals surface area contributed by atoms with Gasteiger partial charge in [-0.05, 0) is 30.3 Å². The summed E-state index contributed by atoms with van der Waals surface area (Å²) < 4.78 is 52.9. The Morgan fingerprint density at radius 1 is 1.28 bits per heavy atom. The van der Waals surface area contributed by atoms with Crippen LogP contribution in [-0.2, 0) is 12.7 Å². The molecule has 0 aliphatic carbocycles. The Labute approximate surface area is 138 Å². The SMILES string of the molecule is N#Cc1ccc(NC(N)=O)c(=O)n1Cc1cc(C(F)(F)F)ccc1F. The van der Waals surface area contributed by atoms with Crippen LogP contribution in [0.4, 0.5) is 28.0 Å². The van der Waals surface area contributed by atoms with Gasteiger partial charge in [-0.15, -0.1) is 0 Å². The second-order valence-corrected chi connectivity index (χ2v) is 4.93. The first-order valence-corrected chi connectivity index (χ1v) is 6.69. The van der Waals surface area contributed by atoms with E-state index in [1.807, 2.05) is 5.32 Å². The largest absolute Gasteiger partial charge is 0.416 e. The van der Waals surface area contributed by atoms with E-state index in [0.29, 0.717) is 18.2 Å². The normalized spacial score (nSPS) is 11.0. The number of carbonyl (C=O) groups is 1. The molecule has 0 saturated heterocycles. The van der Waals surface area contributed by atoms with Crippen LogP contribution in [0.3, 0.4) is 0 Å². The van der Waals surface area contributed by atoms with E-state index in [9.17, 15) is 27.2 Å². The molecule has 0 aliphatic heterocycles. The Hall–Kier alpha value is -3.35. The van der Waals surface area contributed by atoms with Gasteiger partial charge in [0.2, 0.25) is 0 Å². The number of amides is 2. The molecule has 3 N–H and O–H groups in total. The molecular formula is C15H10F4N4O2. The van der Waals surface area contributed by atoms with E-state index in [1.165, 1.54) is 0 Å². The number of nitrogens with two attached hydrogens (primary N) is 1. The highest BCUT2D eigenvalue weighted by Gasteiger charge is 2.31. The van der Waals surface area contributed by atoms with Gasteiger partial charge in [-0.3, -0.25) is 9.36 Å². The van der Waals surface area contributed by atoms with Crippen molar-refractivity contribution >= 4 is 11.7 Å². The molecular weight excluding hydrogens is 344 g/mol. The summed E-state index contributed by atoms with van der Waals surface area (Å²) in [6, 6.07) is 4.65. The number of nitrogens with one attached hydrogen (secondary N) is 1. The van der Waals surface area contributed by atoms with Crippen molar-refractivity contribution in [3.8, 4) is 6.07 Å². The first-order chi connectivity index (χ1) is 11.6. The van der Waals surface area contributed by atoms with E-state index in [2.05, 4.69) is 0 Å². The standard InChI is InChI=1S/C15H10F4N4O2/c16-11-3-1-9(15(17,18)19)5-8(11)7-23-10(6-20)2-4-12(13(23)24)22-14(21)25/h1-5H,7H2,(H3,21,22,25). The molecule has 0 atom stereocenters. The van der Waals surface area contributed by atoms with Crippen molar-refractivity contribution in [1.82, 2.24) is 4.57 Å². The van der Waals surface area contributed by atoms with Gasteiger partial charge in [0.15, 0.2) is 0 Å². The van der Waals surface area contributed by atoms with Gasteiger partial charge in [-0.1, -0.05) is 0 Å². The van der Waals surface area contributed by atoms with Gasteiger partial charge in [0.1, 0.15) is 23.3 Å². The predicted octanol–water partition coefficient (Wildman–Crippen LogP) is 2.42. The molecule has 1 heterocycles. The molecule has 0 unspecified atom stereocenters. The minimum absolute atomic E-state index is 0.225. The molecule has 0 spiro atoms. The van der Waals surface area contributed by atoms with E-state index in [4.69, 9.17) is 11.0 Å². The van der Waals surface area contributed by atoms with Gasteiger partial charge in [-0.2, -0.15) is 18.4 Å². The Morgan fingerprint density at radius 2 is 1.96 bits per heavy atom. The fourth-order valence-corrected chi connectivity index (χ4v) is 2.10. The molecule has 0 fully saturated rings. The number of aromatic nitrogens is 1. The number of pyridine rings is 1. The zero-order valence-electron chi connectivity index (χ0n) is 12.4.